The minimum atomic E-state index is -1.33. The molecule has 0 spiro atoms. The van der Waals surface area contributed by atoms with Crippen LogP contribution in [-0.2, 0) is 19.1 Å². The summed E-state index contributed by atoms with van der Waals surface area (Å²) < 4.78 is 5.47. The third-order valence-electron chi connectivity index (χ3n) is 7.22. The Morgan fingerprint density at radius 3 is 2.33 bits per heavy atom. The van der Waals surface area contributed by atoms with Gasteiger partial charge in [0.1, 0.15) is 5.54 Å². The Morgan fingerprint density at radius 1 is 1.06 bits per heavy atom. The molecule has 190 valence electrons. The first-order valence-corrected chi connectivity index (χ1v) is 12.4. The Labute approximate surface area is 211 Å². The molecule has 2 aromatic rings. The standard InChI is InChI=1S/C28H33N3O5/c1-6-15-28(27(35)36-7-2)23-22(24(29-28)18-11-13-20(14-12-18)30(4)5)25(33)31(26(23)34)21-10-8-9-19(16-21)17(3)32/h8-14,16,22-24,29H,6-7,15H2,1-5H3/t22-,23+,24-,28+/m1/s1. The fourth-order valence-electron chi connectivity index (χ4n) is 5.56. The molecule has 2 aliphatic rings. The summed E-state index contributed by atoms with van der Waals surface area (Å²) in [6.45, 7) is 5.26. The number of hydrogen-bond donors (Lipinski definition) is 1. The van der Waals surface area contributed by atoms with Crippen molar-refractivity contribution in [3.8, 4) is 0 Å². The molecule has 4 rings (SSSR count). The summed E-state index contributed by atoms with van der Waals surface area (Å²) in [4.78, 5) is 56.4. The van der Waals surface area contributed by atoms with Crippen LogP contribution >= 0.6 is 0 Å². The summed E-state index contributed by atoms with van der Waals surface area (Å²) in [5.74, 6) is -3.24. The molecule has 0 aromatic heterocycles. The predicted octanol–water partition coefficient (Wildman–Crippen LogP) is 3.51. The number of nitrogens with one attached hydrogen (secondary N) is 1. The fourth-order valence-corrected chi connectivity index (χ4v) is 5.56. The molecule has 0 aliphatic carbocycles. The number of Topliss-reactive ketones (excluding diaryl/α,β-unsaturated/α-hetero) is 1. The molecule has 1 N–H and O–H groups in total. The third-order valence-corrected chi connectivity index (χ3v) is 7.22. The number of rotatable bonds is 8. The van der Waals surface area contributed by atoms with Crippen LogP contribution in [0.5, 0.6) is 0 Å². The minimum absolute atomic E-state index is 0.163. The van der Waals surface area contributed by atoms with Gasteiger partial charge in [-0.1, -0.05) is 37.6 Å². The van der Waals surface area contributed by atoms with Gasteiger partial charge in [-0.3, -0.25) is 24.5 Å². The van der Waals surface area contributed by atoms with E-state index in [-0.39, 0.29) is 18.3 Å². The number of esters is 1. The smallest absolute Gasteiger partial charge is 0.327 e. The first kappa shape index (κ1) is 25.6. The van der Waals surface area contributed by atoms with E-state index in [4.69, 9.17) is 4.74 Å². The van der Waals surface area contributed by atoms with E-state index in [2.05, 4.69) is 5.32 Å². The van der Waals surface area contributed by atoms with Crippen molar-refractivity contribution in [2.75, 3.05) is 30.5 Å². The van der Waals surface area contributed by atoms with Gasteiger partial charge in [-0.05, 0) is 50.1 Å². The Kier molecular flexibility index (Phi) is 7.00. The second kappa shape index (κ2) is 9.85. The lowest BCUT2D eigenvalue weighted by Gasteiger charge is -2.32. The van der Waals surface area contributed by atoms with Crippen molar-refractivity contribution >= 4 is 34.9 Å². The zero-order valence-electron chi connectivity index (χ0n) is 21.4. The maximum Gasteiger partial charge on any atom is 0.327 e. The highest BCUT2D eigenvalue weighted by Gasteiger charge is 2.68. The van der Waals surface area contributed by atoms with Crippen LogP contribution in [0.3, 0.4) is 0 Å². The third kappa shape index (κ3) is 4.09. The van der Waals surface area contributed by atoms with E-state index in [0.29, 0.717) is 24.1 Å². The molecule has 2 fully saturated rings. The maximum atomic E-state index is 14.0. The molecule has 8 heteroatoms. The quantitative estimate of drug-likeness (QED) is 0.343. The van der Waals surface area contributed by atoms with Gasteiger partial charge < -0.3 is 9.64 Å². The Hall–Kier alpha value is -3.52. The van der Waals surface area contributed by atoms with E-state index in [1.54, 1.807) is 31.2 Å². The molecule has 0 radical (unpaired) electrons. The van der Waals surface area contributed by atoms with Gasteiger partial charge in [0.05, 0.1) is 24.1 Å². The van der Waals surface area contributed by atoms with Crippen molar-refractivity contribution in [1.82, 2.24) is 5.32 Å². The molecule has 2 aliphatic heterocycles. The van der Waals surface area contributed by atoms with Crippen molar-refractivity contribution in [3.63, 3.8) is 0 Å². The number of fused-ring (bicyclic) bond motifs is 1. The van der Waals surface area contributed by atoms with Crippen LogP contribution < -0.4 is 15.1 Å². The molecule has 2 heterocycles. The molecule has 2 amide bonds. The van der Waals surface area contributed by atoms with Gasteiger partial charge in [0.15, 0.2) is 5.78 Å². The highest BCUT2D eigenvalue weighted by Crippen LogP contribution is 2.51. The zero-order chi connectivity index (χ0) is 26.2. The van der Waals surface area contributed by atoms with Crippen molar-refractivity contribution in [2.45, 2.75) is 45.2 Å². The molecule has 2 aromatic carbocycles. The first-order valence-electron chi connectivity index (χ1n) is 12.4. The van der Waals surface area contributed by atoms with Crippen molar-refractivity contribution in [1.29, 1.82) is 0 Å². The lowest BCUT2D eigenvalue weighted by Crippen LogP contribution is -2.56. The summed E-state index contributed by atoms with van der Waals surface area (Å²) in [6.07, 6.45) is 0.961. The Bertz CT molecular complexity index is 1190. The van der Waals surface area contributed by atoms with Crippen molar-refractivity contribution < 1.29 is 23.9 Å². The molecule has 0 bridgehead atoms. The number of imide groups is 1. The summed E-state index contributed by atoms with van der Waals surface area (Å²) in [7, 11) is 3.89. The largest absolute Gasteiger partial charge is 0.465 e. The number of carbonyl (C=O) groups is 4. The zero-order valence-corrected chi connectivity index (χ0v) is 21.4. The van der Waals surface area contributed by atoms with Crippen LogP contribution in [0.15, 0.2) is 48.5 Å². The average Bonchev–Trinajstić information content (AvgIpc) is 3.33. The van der Waals surface area contributed by atoms with Gasteiger partial charge in [-0.25, -0.2) is 4.90 Å². The fraction of sp³-hybridized carbons (Fsp3) is 0.429. The predicted molar refractivity (Wildman–Crippen MR) is 137 cm³/mol. The number of carbonyl (C=O) groups excluding carboxylic acids is 4. The topological polar surface area (TPSA) is 96.0 Å². The maximum absolute atomic E-state index is 14.0. The summed E-state index contributed by atoms with van der Waals surface area (Å²) in [5.41, 5.74) is 1.22. The number of benzene rings is 2. The highest BCUT2D eigenvalue weighted by atomic mass is 16.5. The van der Waals surface area contributed by atoms with Crippen LogP contribution in [0.1, 0.15) is 55.6 Å². The second-order valence-corrected chi connectivity index (χ2v) is 9.67. The molecule has 0 saturated carbocycles. The van der Waals surface area contributed by atoms with Crippen LogP contribution in [-0.4, -0.2) is 49.8 Å². The van der Waals surface area contributed by atoms with Gasteiger partial charge in [0.25, 0.3) is 0 Å². The monoisotopic (exact) mass is 491 g/mol. The SMILES string of the molecule is CCC[C@]1(C(=O)OCC)N[C@H](c2ccc(N(C)C)cc2)[C@@H]2C(=O)N(c3cccc(C(C)=O)c3)C(=O)[C@H]21. The molecule has 0 unspecified atom stereocenters. The van der Waals surface area contributed by atoms with E-state index in [1.165, 1.54) is 6.92 Å². The van der Waals surface area contributed by atoms with E-state index in [1.807, 2.05) is 50.2 Å². The molecular formula is C28H33N3O5. The van der Waals surface area contributed by atoms with Gasteiger partial charge >= 0.3 is 5.97 Å². The molecule has 8 nitrogen and oxygen atoms in total. The summed E-state index contributed by atoms with van der Waals surface area (Å²) in [6, 6.07) is 13.7. The van der Waals surface area contributed by atoms with Gasteiger partial charge in [-0.15, -0.1) is 0 Å². The lowest BCUT2D eigenvalue weighted by molar-refractivity contribution is -0.155. The summed E-state index contributed by atoms with van der Waals surface area (Å²) >= 11 is 0. The minimum Gasteiger partial charge on any atom is -0.465 e. The summed E-state index contributed by atoms with van der Waals surface area (Å²) in [5, 5.41) is 3.41. The highest BCUT2D eigenvalue weighted by molar-refractivity contribution is 6.24. The van der Waals surface area contributed by atoms with Gasteiger partial charge in [0, 0.05) is 31.4 Å². The average molecular weight is 492 g/mol. The molecule has 2 saturated heterocycles. The number of ketones is 1. The number of ether oxygens (including phenoxy) is 1. The molecule has 4 atom stereocenters. The van der Waals surface area contributed by atoms with Crippen molar-refractivity contribution in [3.05, 3.63) is 59.7 Å². The van der Waals surface area contributed by atoms with E-state index in [9.17, 15) is 19.2 Å². The number of anilines is 2. The van der Waals surface area contributed by atoms with Crippen LogP contribution in [0.2, 0.25) is 0 Å². The normalized spacial score (nSPS) is 25.1. The Morgan fingerprint density at radius 2 is 1.75 bits per heavy atom. The van der Waals surface area contributed by atoms with Crippen LogP contribution in [0, 0.1) is 11.8 Å². The number of hydrogen-bond acceptors (Lipinski definition) is 7. The van der Waals surface area contributed by atoms with E-state index in [0.717, 1.165) is 16.2 Å². The molecule has 36 heavy (non-hydrogen) atoms. The van der Waals surface area contributed by atoms with Gasteiger partial charge in [0.2, 0.25) is 11.8 Å². The van der Waals surface area contributed by atoms with E-state index >= 15 is 0 Å². The van der Waals surface area contributed by atoms with Crippen LogP contribution in [0.4, 0.5) is 11.4 Å². The number of nitrogens with zero attached hydrogens (tertiary/aromatic N) is 2. The van der Waals surface area contributed by atoms with Gasteiger partial charge in [-0.2, -0.15) is 0 Å². The Balaban J connectivity index is 1.84. The molecular weight excluding hydrogens is 458 g/mol. The van der Waals surface area contributed by atoms with Crippen molar-refractivity contribution in [2.24, 2.45) is 11.8 Å². The number of amides is 2. The van der Waals surface area contributed by atoms with E-state index < -0.39 is 35.3 Å². The second-order valence-electron chi connectivity index (χ2n) is 9.67. The lowest BCUT2D eigenvalue weighted by atomic mass is 9.77. The van der Waals surface area contributed by atoms with Crippen LogP contribution in [0.25, 0.3) is 0 Å². The first-order chi connectivity index (χ1) is 17.2.